The van der Waals surface area contributed by atoms with E-state index in [9.17, 15) is 0 Å². The lowest BCUT2D eigenvalue weighted by molar-refractivity contribution is 0.863. The fraction of sp³-hybridized carbons (Fsp3) is 0.0625. The van der Waals surface area contributed by atoms with Gasteiger partial charge < -0.3 is 10.4 Å². The summed E-state index contributed by atoms with van der Waals surface area (Å²) in [4.78, 5) is 0.812. The summed E-state index contributed by atoms with van der Waals surface area (Å²) in [6.45, 7) is 0. The Hall–Kier alpha value is -2.33. The molecule has 0 aliphatic rings. The first-order valence-corrected chi connectivity index (χ1v) is 7.22. The van der Waals surface area contributed by atoms with E-state index >= 15 is 0 Å². The number of nitrogens with two attached hydrogens (primary N) is 1. The monoisotopic (exact) mass is 281 g/mol. The van der Waals surface area contributed by atoms with Gasteiger partial charge in [-0.3, -0.25) is 0 Å². The third kappa shape index (κ3) is 2.26. The Balaban J connectivity index is 2.00. The van der Waals surface area contributed by atoms with Gasteiger partial charge in [-0.15, -0.1) is 11.3 Å². The number of rotatable bonds is 2. The molecule has 0 aliphatic heterocycles. The van der Waals surface area contributed by atoms with Gasteiger partial charge in [-0.25, -0.2) is 0 Å². The lowest BCUT2D eigenvalue weighted by Gasteiger charge is -2.05. The predicted molar refractivity (Wildman–Crippen MR) is 83.9 cm³/mol. The molecule has 0 saturated heterocycles. The van der Waals surface area contributed by atoms with E-state index < -0.39 is 0 Å². The van der Waals surface area contributed by atoms with Crippen molar-refractivity contribution in [3.63, 3.8) is 0 Å². The SMILES string of the molecule is Cn1c(-c2ccc(-c3ccccc3)cc2)cs/c1=N\N. The molecule has 0 spiro atoms. The van der Waals surface area contributed by atoms with E-state index in [1.165, 1.54) is 16.7 Å². The summed E-state index contributed by atoms with van der Waals surface area (Å²) < 4.78 is 2.00. The third-order valence-corrected chi connectivity index (χ3v) is 4.25. The summed E-state index contributed by atoms with van der Waals surface area (Å²) in [7, 11) is 1.97. The predicted octanol–water partition coefficient (Wildman–Crippen LogP) is 3.20. The minimum absolute atomic E-state index is 0.812. The molecule has 20 heavy (non-hydrogen) atoms. The Labute approximate surface area is 121 Å². The Bertz CT molecular complexity index is 767. The van der Waals surface area contributed by atoms with Crippen LogP contribution in [-0.2, 0) is 7.05 Å². The van der Waals surface area contributed by atoms with Crippen molar-refractivity contribution in [2.75, 3.05) is 0 Å². The standard InChI is InChI=1S/C16H15N3S/c1-19-15(11-20-16(19)18-17)14-9-7-13(8-10-14)12-5-3-2-4-6-12/h2-11H,17H2,1H3/b18-16-. The average Bonchev–Trinajstić information content (AvgIpc) is 2.89. The highest BCUT2D eigenvalue weighted by Gasteiger charge is 2.05. The van der Waals surface area contributed by atoms with Gasteiger partial charge in [0.2, 0.25) is 4.80 Å². The van der Waals surface area contributed by atoms with Gasteiger partial charge in [0.15, 0.2) is 0 Å². The molecule has 0 saturated carbocycles. The molecule has 0 atom stereocenters. The number of nitrogens with zero attached hydrogens (tertiary/aromatic N) is 2. The lowest BCUT2D eigenvalue weighted by atomic mass is 10.0. The summed E-state index contributed by atoms with van der Waals surface area (Å²) in [6, 6.07) is 18.9. The average molecular weight is 281 g/mol. The molecule has 0 radical (unpaired) electrons. The minimum atomic E-state index is 0.812. The summed E-state index contributed by atoms with van der Waals surface area (Å²) in [5.74, 6) is 5.36. The molecule has 0 unspecified atom stereocenters. The summed E-state index contributed by atoms with van der Waals surface area (Å²) in [5, 5.41) is 5.84. The van der Waals surface area contributed by atoms with Gasteiger partial charge in [-0.2, -0.15) is 5.10 Å². The summed E-state index contributed by atoms with van der Waals surface area (Å²) >= 11 is 1.54. The second-order valence-corrected chi connectivity index (χ2v) is 5.37. The molecule has 0 aliphatic carbocycles. The second kappa shape index (κ2) is 5.35. The van der Waals surface area contributed by atoms with Gasteiger partial charge in [0.25, 0.3) is 0 Å². The minimum Gasteiger partial charge on any atom is -0.320 e. The Morgan fingerprint density at radius 1 is 0.900 bits per heavy atom. The van der Waals surface area contributed by atoms with Gasteiger partial charge >= 0.3 is 0 Å². The number of benzene rings is 2. The van der Waals surface area contributed by atoms with Crippen molar-refractivity contribution in [1.82, 2.24) is 4.57 Å². The smallest absolute Gasteiger partial charge is 0.207 e. The molecule has 100 valence electrons. The van der Waals surface area contributed by atoms with Crippen LogP contribution in [0, 0.1) is 0 Å². The maximum Gasteiger partial charge on any atom is 0.207 e. The summed E-state index contributed by atoms with van der Waals surface area (Å²) in [6.07, 6.45) is 0. The molecule has 0 amide bonds. The zero-order valence-corrected chi connectivity index (χ0v) is 12.0. The molecule has 2 N–H and O–H groups in total. The Morgan fingerprint density at radius 3 is 2.10 bits per heavy atom. The van der Waals surface area contributed by atoms with E-state index in [4.69, 9.17) is 5.84 Å². The first kappa shape index (κ1) is 12.7. The van der Waals surface area contributed by atoms with Gasteiger partial charge in [0.1, 0.15) is 0 Å². The van der Waals surface area contributed by atoms with Crippen LogP contribution in [0.5, 0.6) is 0 Å². The highest BCUT2D eigenvalue weighted by Crippen LogP contribution is 2.24. The van der Waals surface area contributed by atoms with Crippen LogP contribution in [-0.4, -0.2) is 4.57 Å². The van der Waals surface area contributed by atoms with E-state index in [0.29, 0.717) is 0 Å². The van der Waals surface area contributed by atoms with Crippen LogP contribution in [0.3, 0.4) is 0 Å². The van der Waals surface area contributed by atoms with E-state index in [2.05, 4.69) is 59.0 Å². The van der Waals surface area contributed by atoms with Crippen LogP contribution >= 0.6 is 11.3 Å². The van der Waals surface area contributed by atoms with Crippen LogP contribution in [0.2, 0.25) is 0 Å². The highest BCUT2D eigenvalue weighted by atomic mass is 32.1. The quantitative estimate of drug-likeness (QED) is 0.569. The molecule has 1 aromatic heterocycles. The van der Waals surface area contributed by atoms with Crippen molar-refractivity contribution >= 4 is 11.3 Å². The number of aromatic nitrogens is 1. The molecule has 3 rings (SSSR count). The maximum absolute atomic E-state index is 5.36. The Kier molecular flexibility index (Phi) is 3.39. The Morgan fingerprint density at radius 2 is 1.50 bits per heavy atom. The highest BCUT2D eigenvalue weighted by molar-refractivity contribution is 7.07. The van der Waals surface area contributed by atoms with Crippen LogP contribution in [0.4, 0.5) is 0 Å². The molecular formula is C16H15N3S. The van der Waals surface area contributed by atoms with E-state index in [1.54, 1.807) is 11.3 Å². The largest absolute Gasteiger partial charge is 0.320 e. The van der Waals surface area contributed by atoms with Crippen molar-refractivity contribution in [2.24, 2.45) is 18.0 Å². The zero-order chi connectivity index (χ0) is 13.9. The lowest BCUT2D eigenvalue weighted by Crippen LogP contribution is -2.13. The molecule has 3 nitrogen and oxygen atoms in total. The fourth-order valence-corrected chi connectivity index (χ4v) is 3.04. The number of thiazole rings is 1. The van der Waals surface area contributed by atoms with Gasteiger partial charge in [-0.1, -0.05) is 54.6 Å². The van der Waals surface area contributed by atoms with Gasteiger partial charge in [0, 0.05) is 12.4 Å². The number of hydrogen-bond acceptors (Lipinski definition) is 3. The van der Waals surface area contributed by atoms with E-state index in [0.717, 1.165) is 10.5 Å². The van der Waals surface area contributed by atoms with Crippen LogP contribution < -0.4 is 10.6 Å². The third-order valence-electron chi connectivity index (χ3n) is 3.32. The molecular weight excluding hydrogens is 266 g/mol. The van der Waals surface area contributed by atoms with Crippen LogP contribution in [0.1, 0.15) is 0 Å². The second-order valence-electron chi connectivity index (χ2n) is 4.54. The molecule has 1 heterocycles. The first-order valence-electron chi connectivity index (χ1n) is 6.34. The maximum atomic E-state index is 5.36. The molecule has 0 fully saturated rings. The van der Waals surface area contributed by atoms with Crippen LogP contribution in [0.25, 0.3) is 22.4 Å². The molecule has 0 bridgehead atoms. The topological polar surface area (TPSA) is 43.3 Å². The van der Waals surface area contributed by atoms with Crippen molar-refractivity contribution < 1.29 is 0 Å². The normalized spacial score (nSPS) is 11.8. The first-order chi connectivity index (χ1) is 9.79. The van der Waals surface area contributed by atoms with Crippen molar-refractivity contribution in [1.29, 1.82) is 0 Å². The van der Waals surface area contributed by atoms with Gasteiger partial charge in [-0.05, 0) is 16.7 Å². The molecule has 2 aromatic carbocycles. The zero-order valence-electron chi connectivity index (χ0n) is 11.2. The van der Waals surface area contributed by atoms with Gasteiger partial charge in [0.05, 0.1) is 5.69 Å². The number of hydrogen-bond donors (Lipinski definition) is 1. The van der Waals surface area contributed by atoms with Crippen LogP contribution in [0.15, 0.2) is 65.1 Å². The fourth-order valence-electron chi connectivity index (χ4n) is 2.21. The summed E-state index contributed by atoms with van der Waals surface area (Å²) in [5.41, 5.74) is 4.74. The van der Waals surface area contributed by atoms with Crippen molar-refractivity contribution in [3.8, 4) is 22.4 Å². The molecule has 3 aromatic rings. The van der Waals surface area contributed by atoms with Crippen molar-refractivity contribution in [2.45, 2.75) is 0 Å². The van der Waals surface area contributed by atoms with E-state index in [-0.39, 0.29) is 0 Å². The molecule has 4 heteroatoms. The van der Waals surface area contributed by atoms with E-state index in [1.807, 2.05) is 17.7 Å². The van der Waals surface area contributed by atoms with Crippen molar-refractivity contribution in [3.05, 3.63) is 64.8 Å².